The monoisotopic (exact) mass is 525 g/mol. The Labute approximate surface area is 217 Å². The molecular weight excluding hydrogens is 494 g/mol. The van der Waals surface area contributed by atoms with Gasteiger partial charge in [-0.3, -0.25) is 14.9 Å². The van der Waals surface area contributed by atoms with Crippen molar-refractivity contribution < 1.29 is 27.9 Å². The smallest absolute Gasteiger partial charge is 0.263 e. The van der Waals surface area contributed by atoms with Crippen molar-refractivity contribution in [1.29, 1.82) is 0 Å². The van der Waals surface area contributed by atoms with E-state index in [1.54, 1.807) is 12.1 Å². The Bertz CT molecular complexity index is 1250. The van der Waals surface area contributed by atoms with E-state index in [9.17, 15) is 13.2 Å². The van der Waals surface area contributed by atoms with E-state index in [1.165, 1.54) is 23.2 Å². The topological polar surface area (TPSA) is 117 Å². The molecule has 1 aliphatic heterocycles. The highest BCUT2D eigenvalue weighted by Crippen LogP contribution is 2.22. The van der Waals surface area contributed by atoms with Gasteiger partial charge in [-0.2, -0.15) is 4.72 Å². The van der Waals surface area contributed by atoms with Gasteiger partial charge in [-0.25, -0.2) is 13.9 Å². The maximum Gasteiger partial charge on any atom is 0.263 e. The van der Waals surface area contributed by atoms with E-state index in [0.29, 0.717) is 0 Å². The number of amides is 1. The fourth-order valence-corrected chi connectivity index (χ4v) is 5.19. The number of nitrogens with zero attached hydrogens (tertiary/aromatic N) is 1. The highest BCUT2D eigenvalue weighted by molar-refractivity contribution is 7.89. The van der Waals surface area contributed by atoms with Crippen LogP contribution in [0.25, 0.3) is 11.1 Å². The number of hydroxylamine groups is 1. The second-order valence-electron chi connectivity index (χ2n) is 8.76. The molecule has 4 rings (SSSR count). The molecule has 1 heterocycles. The van der Waals surface area contributed by atoms with Crippen LogP contribution < -0.4 is 10.2 Å². The highest BCUT2D eigenvalue weighted by atomic mass is 32.2. The summed E-state index contributed by atoms with van der Waals surface area (Å²) >= 11 is 0. The number of carbonyl (C=O) groups excluding carboxylic acids is 1. The summed E-state index contributed by atoms with van der Waals surface area (Å²) in [6.07, 6.45) is 0. The van der Waals surface area contributed by atoms with E-state index < -0.39 is 22.0 Å². The Balaban J connectivity index is 1.38. The second-order valence-corrected chi connectivity index (χ2v) is 10.5. The average Bonchev–Trinajstić information content (AvgIpc) is 2.93. The molecule has 0 aliphatic carbocycles. The Morgan fingerprint density at radius 1 is 0.919 bits per heavy atom. The highest BCUT2D eigenvalue weighted by Gasteiger charge is 2.26. The summed E-state index contributed by atoms with van der Waals surface area (Å²) in [6, 6.07) is 22.6. The number of nitrogens with one attached hydrogen (secondary N) is 2. The standard InChI is InChI=1S/C27H31N3O6S/c31-27(28-32)26(20-36-19-22-4-2-1-3-5-22)29-37(33,34)25-12-10-24(11-13-25)23-8-6-21(7-9-23)18-30-14-16-35-17-15-30/h1-13,26,29,32H,14-20H2,(H,28,31)/t26-/m0/s1. The summed E-state index contributed by atoms with van der Waals surface area (Å²) in [6.45, 7) is 4.16. The third-order valence-electron chi connectivity index (χ3n) is 6.08. The molecule has 0 aromatic heterocycles. The van der Waals surface area contributed by atoms with E-state index >= 15 is 0 Å². The van der Waals surface area contributed by atoms with Gasteiger partial charge in [0.15, 0.2) is 0 Å². The van der Waals surface area contributed by atoms with E-state index in [4.69, 9.17) is 14.7 Å². The van der Waals surface area contributed by atoms with Crippen LogP contribution in [0, 0.1) is 0 Å². The number of rotatable bonds is 11. The molecule has 1 saturated heterocycles. The molecule has 0 saturated carbocycles. The normalized spacial score (nSPS) is 15.3. The van der Waals surface area contributed by atoms with Gasteiger partial charge in [0, 0.05) is 19.6 Å². The van der Waals surface area contributed by atoms with E-state index in [0.717, 1.165) is 49.5 Å². The van der Waals surface area contributed by atoms with Gasteiger partial charge < -0.3 is 9.47 Å². The van der Waals surface area contributed by atoms with Crippen LogP contribution in [-0.4, -0.2) is 63.4 Å². The van der Waals surface area contributed by atoms with Gasteiger partial charge in [-0.05, 0) is 34.4 Å². The molecule has 9 nitrogen and oxygen atoms in total. The van der Waals surface area contributed by atoms with Gasteiger partial charge in [0.25, 0.3) is 5.91 Å². The third-order valence-corrected chi connectivity index (χ3v) is 7.57. The molecule has 3 aromatic carbocycles. The number of sulfonamides is 1. The molecule has 1 aliphatic rings. The van der Waals surface area contributed by atoms with Crippen molar-refractivity contribution in [2.75, 3.05) is 32.9 Å². The van der Waals surface area contributed by atoms with Crippen LogP contribution in [0.2, 0.25) is 0 Å². The van der Waals surface area contributed by atoms with Crippen molar-refractivity contribution in [2.24, 2.45) is 0 Å². The number of hydrogen-bond acceptors (Lipinski definition) is 7. The largest absolute Gasteiger partial charge is 0.379 e. The quantitative estimate of drug-likeness (QED) is 0.260. The van der Waals surface area contributed by atoms with Gasteiger partial charge in [0.1, 0.15) is 6.04 Å². The lowest BCUT2D eigenvalue weighted by Gasteiger charge is -2.26. The molecule has 196 valence electrons. The van der Waals surface area contributed by atoms with E-state index in [1.807, 2.05) is 42.5 Å². The molecule has 3 aromatic rings. The van der Waals surface area contributed by atoms with Crippen LogP contribution in [-0.2, 0) is 37.4 Å². The summed E-state index contributed by atoms with van der Waals surface area (Å²) in [4.78, 5) is 14.4. The summed E-state index contributed by atoms with van der Waals surface area (Å²) in [5.41, 5.74) is 5.41. The minimum atomic E-state index is -4.05. The van der Waals surface area contributed by atoms with Gasteiger partial charge >= 0.3 is 0 Å². The third kappa shape index (κ3) is 7.68. The van der Waals surface area contributed by atoms with Crippen molar-refractivity contribution in [3.8, 4) is 11.1 Å². The number of benzene rings is 3. The first kappa shape index (κ1) is 26.9. The molecular formula is C27H31N3O6S. The van der Waals surface area contributed by atoms with Crippen LogP contribution in [0.3, 0.4) is 0 Å². The Morgan fingerprint density at radius 2 is 1.54 bits per heavy atom. The van der Waals surface area contributed by atoms with Crippen LogP contribution in [0.4, 0.5) is 0 Å². The number of hydrogen-bond donors (Lipinski definition) is 3. The van der Waals surface area contributed by atoms with Gasteiger partial charge in [0.2, 0.25) is 10.0 Å². The molecule has 1 atom stereocenters. The molecule has 3 N–H and O–H groups in total. The SMILES string of the molecule is O=C(NO)[C@H](COCc1ccccc1)NS(=O)(=O)c1ccc(-c2ccc(CN3CCOCC3)cc2)cc1. The van der Waals surface area contributed by atoms with Gasteiger partial charge in [-0.1, -0.05) is 66.7 Å². The maximum absolute atomic E-state index is 12.9. The zero-order chi connectivity index (χ0) is 26.1. The van der Waals surface area contributed by atoms with Crippen molar-refractivity contribution in [3.63, 3.8) is 0 Å². The number of ether oxygens (including phenoxy) is 2. The first-order chi connectivity index (χ1) is 17.9. The first-order valence-corrected chi connectivity index (χ1v) is 13.5. The Kier molecular flexibility index (Phi) is 9.40. The lowest BCUT2D eigenvalue weighted by atomic mass is 10.0. The predicted molar refractivity (Wildman–Crippen MR) is 138 cm³/mol. The van der Waals surface area contributed by atoms with Crippen molar-refractivity contribution in [3.05, 3.63) is 90.0 Å². The molecule has 0 bridgehead atoms. The molecule has 0 unspecified atom stereocenters. The Morgan fingerprint density at radius 3 is 2.16 bits per heavy atom. The molecule has 1 fully saturated rings. The Hall–Kier alpha value is -3.12. The summed E-state index contributed by atoms with van der Waals surface area (Å²) in [5.74, 6) is -0.912. The molecule has 37 heavy (non-hydrogen) atoms. The zero-order valence-electron chi connectivity index (χ0n) is 20.4. The molecule has 1 amide bonds. The lowest BCUT2D eigenvalue weighted by molar-refractivity contribution is -0.132. The first-order valence-electron chi connectivity index (χ1n) is 12.0. The lowest BCUT2D eigenvalue weighted by Crippen LogP contribution is -2.48. The molecule has 10 heteroatoms. The zero-order valence-corrected chi connectivity index (χ0v) is 21.2. The second kappa shape index (κ2) is 12.9. The fourth-order valence-electron chi connectivity index (χ4n) is 4.01. The summed E-state index contributed by atoms with van der Waals surface area (Å²) < 4.78 is 39.1. The minimum absolute atomic E-state index is 0.000938. The predicted octanol–water partition coefficient (Wildman–Crippen LogP) is 2.55. The average molecular weight is 526 g/mol. The van der Waals surface area contributed by atoms with E-state index in [2.05, 4.69) is 21.8 Å². The fraction of sp³-hybridized carbons (Fsp3) is 0.296. The van der Waals surface area contributed by atoms with Crippen molar-refractivity contribution >= 4 is 15.9 Å². The maximum atomic E-state index is 12.9. The van der Waals surface area contributed by atoms with Crippen molar-refractivity contribution in [2.45, 2.75) is 24.1 Å². The van der Waals surface area contributed by atoms with Gasteiger partial charge in [0.05, 0.1) is 31.3 Å². The minimum Gasteiger partial charge on any atom is -0.379 e. The summed E-state index contributed by atoms with van der Waals surface area (Å²) in [5, 5.41) is 9.06. The van der Waals surface area contributed by atoms with Crippen molar-refractivity contribution in [1.82, 2.24) is 15.1 Å². The summed E-state index contributed by atoms with van der Waals surface area (Å²) in [7, 11) is -4.05. The van der Waals surface area contributed by atoms with Gasteiger partial charge in [-0.15, -0.1) is 0 Å². The van der Waals surface area contributed by atoms with Crippen LogP contribution >= 0.6 is 0 Å². The molecule has 0 spiro atoms. The van der Waals surface area contributed by atoms with Crippen LogP contribution in [0.15, 0.2) is 83.8 Å². The van der Waals surface area contributed by atoms with Crippen LogP contribution in [0.1, 0.15) is 11.1 Å². The number of carbonyl (C=O) groups is 1. The van der Waals surface area contributed by atoms with E-state index in [-0.39, 0.29) is 18.1 Å². The van der Waals surface area contributed by atoms with Crippen LogP contribution in [0.5, 0.6) is 0 Å². The number of morpholine rings is 1. The molecule has 0 radical (unpaired) electrons.